The Morgan fingerprint density at radius 1 is 1.46 bits per heavy atom. The Hall–Kier alpha value is 0.01000. The summed E-state index contributed by atoms with van der Waals surface area (Å²) in [4.78, 5) is 1.07. The maximum atomic E-state index is 4.49. The molecule has 1 heterocycles. The smallest absolute Gasteiger partial charge is 0.0367 e. The number of thiophene rings is 1. The zero-order chi connectivity index (χ0) is 9.42. The van der Waals surface area contributed by atoms with Gasteiger partial charge in [0.15, 0.2) is 0 Å². The van der Waals surface area contributed by atoms with Gasteiger partial charge in [0.25, 0.3) is 0 Å². The highest BCUT2D eigenvalue weighted by Gasteiger charge is 2.06. The zero-order valence-electron chi connectivity index (χ0n) is 7.17. The predicted molar refractivity (Wildman–Crippen MR) is 66.2 cm³/mol. The van der Waals surface area contributed by atoms with E-state index in [1.165, 1.54) is 15.6 Å². The fourth-order valence-corrected chi connectivity index (χ4v) is 3.81. The summed E-state index contributed by atoms with van der Waals surface area (Å²) < 4.78 is 2.42. The van der Waals surface area contributed by atoms with Crippen molar-refractivity contribution < 1.29 is 0 Å². The van der Waals surface area contributed by atoms with Crippen molar-refractivity contribution in [1.29, 1.82) is 0 Å². The molecule has 1 aromatic carbocycles. The summed E-state index contributed by atoms with van der Waals surface area (Å²) in [7, 11) is 0. The Morgan fingerprint density at radius 3 is 2.92 bits per heavy atom. The number of fused-ring (bicyclic) bond motifs is 1. The molecule has 0 unspecified atom stereocenters. The third-order valence-electron chi connectivity index (χ3n) is 2.08. The van der Waals surface area contributed by atoms with Crippen LogP contribution in [-0.4, -0.2) is 0 Å². The van der Waals surface area contributed by atoms with E-state index in [0.29, 0.717) is 0 Å². The average molecular weight is 273 g/mol. The van der Waals surface area contributed by atoms with Gasteiger partial charge in [0.2, 0.25) is 0 Å². The van der Waals surface area contributed by atoms with Gasteiger partial charge in [0, 0.05) is 19.5 Å². The van der Waals surface area contributed by atoms with Crippen LogP contribution in [0.2, 0.25) is 0 Å². The van der Waals surface area contributed by atoms with Crippen LogP contribution in [0.25, 0.3) is 10.1 Å². The van der Waals surface area contributed by atoms with Crippen molar-refractivity contribution in [3.8, 4) is 0 Å². The van der Waals surface area contributed by atoms with Gasteiger partial charge in [-0.2, -0.15) is 0 Å². The summed E-state index contributed by atoms with van der Waals surface area (Å²) in [6.07, 6.45) is 1.08. The van der Waals surface area contributed by atoms with E-state index in [2.05, 4.69) is 53.0 Å². The highest BCUT2D eigenvalue weighted by atomic mass is 79.9. The lowest BCUT2D eigenvalue weighted by Crippen LogP contribution is -1.77. The second-order valence-electron chi connectivity index (χ2n) is 2.91. The first-order chi connectivity index (χ1) is 6.22. The second kappa shape index (κ2) is 3.64. The molecule has 2 aromatic rings. The molecule has 0 aliphatic carbocycles. The second-order valence-corrected chi connectivity index (χ2v) is 5.22. The zero-order valence-corrected chi connectivity index (χ0v) is 10.5. The Bertz CT molecular complexity index is 445. The Morgan fingerprint density at radius 2 is 2.23 bits per heavy atom. The minimum Gasteiger partial charge on any atom is -0.143 e. The quantitative estimate of drug-likeness (QED) is 0.726. The minimum absolute atomic E-state index is 1.07. The largest absolute Gasteiger partial charge is 0.143 e. The van der Waals surface area contributed by atoms with Crippen LogP contribution in [0, 0.1) is 0 Å². The van der Waals surface area contributed by atoms with Crippen LogP contribution in [0.3, 0.4) is 0 Å². The molecule has 0 radical (unpaired) electrons. The van der Waals surface area contributed by atoms with Crippen LogP contribution in [0.5, 0.6) is 0 Å². The number of benzene rings is 1. The maximum absolute atomic E-state index is 4.49. The average Bonchev–Trinajstić information content (AvgIpc) is 2.47. The molecule has 2 rings (SSSR count). The van der Waals surface area contributed by atoms with E-state index in [1.807, 2.05) is 0 Å². The van der Waals surface area contributed by atoms with Gasteiger partial charge in [-0.15, -0.1) is 24.0 Å². The number of hydrogen-bond donors (Lipinski definition) is 1. The fourth-order valence-electron chi connectivity index (χ4n) is 1.44. The number of rotatable bonds is 1. The van der Waals surface area contributed by atoms with E-state index in [1.54, 1.807) is 11.3 Å². The molecule has 0 bridgehead atoms. The van der Waals surface area contributed by atoms with Crippen molar-refractivity contribution in [3.05, 3.63) is 27.5 Å². The third-order valence-corrected chi connectivity index (χ3v) is 3.87. The molecule has 68 valence electrons. The lowest BCUT2D eigenvalue weighted by atomic mass is 10.1. The van der Waals surface area contributed by atoms with Gasteiger partial charge in [0.05, 0.1) is 0 Å². The van der Waals surface area contributed by atoms with Crippen LogP contribution < -0.4 is 0 Å². The molecule has 3 heteroatoms. The summed E-state index contributed by atoms with van der Waals surface area (Å²) in [5, 5.41) is 3.54. The molecule has 0 fully saturated rings. The molecular weight excluding hydrogens is 264 g/mol. The van der Waals surface area contributed by atoms with Crippen LogP contribution >= 0.6 is 39.9 Å². The normalized spacial score (nSPS) is 11.0. The van der Waals surface area contributed by atoms with E-state index in [0.717, 1.165) is 15.8 Å². The predicted octanol–water partition coefficient (Wildman–Crippen LogP) is 4.51. The molecule has 0 aliphatic rings. The van der Waals surface area contributed by atoms with Crippen molar-refractivity contribution in [2.45, 2.75) is 18.2 Å². The number of thiol groups is 1. The van der Waals surface area contributed by atoms with Gasteiger partial charge in [0.1, 0.15) is 0 Å². The van der Waals surface area contributed by atoms with E-state index in [-0.39, 0.29) is 0 Å². The van der Waals surface area contributed by atoms with Crippen molar-refractivity contribution >= 4 is 50.0 Å². The highest BCUT2D eigenvalue weighted by Crippen LogP contribution is 2.34. The first-order valence-electron chi connectivity index (χ1n) is 4.11. The minimum atomic E-state index is 1.07. The van der Waals surface area contributed by atoms with Crippen molar-refractivity contribution in [2.24, 2.45) is 0 Å². The number of aryl methyl sites for hydroxylation is 1. The van der Waals surface area contributed by atoms with Gasteiger partial charge >= 0.3 is 0 Å². The number of halogens is 1. The molecule has 0 spiro atoms. The van der Waals surface area contributed by atoms with Gasteiger partial charge < -0.3 is 0 Å². The lowest BCUT2D eigenvalue weighted by Gasteiger charge is -1.99. The molecule has 0 atom stereocenters. The van der Waals surface area contributed by atoms with Gasteiger partial charge in [-0.25, -0.2) is 0 Å². The Balaban J connectivity index is 2.82. The first kappa shape index (κ1) is 9.56. The third kappa shape index (κ3) is 1.65. The molecular formula is C10H9BrS2. The molecule has 0 amide bonds. The van der Waals surface area contributed by atoms with Crippen LogP contribution in [-0.2, 0) is 6.42 Å². The molecule has 0 saturated heterocycles. The monoisotopic (exact) mass is 272 g/mol. The molecule has 13 heavy (non-hydrogen) atoms. The number of hydrogen-bond acceptors (Lipinski definition) is 2. The summed E-state index contributed by atoms with van der Waals surface area (Å²) in [5.41, 5.74) is 1.40. The Labute approximate surface area is 95.5 Å². The Kier molecular flexibility index (Phi) is 2.67. The van der Waals surface area contributed by atoms with E-state index in [9.17, 15) is 0 Å². The van der Waals surface area contributed by atoms with E-state index >= 15 is 0 Å². The van der Waals surface area contributed by atoms with Crippen molar-refractivity contribution in [1.82, 2.24) is 0 Å². The van der Waals surface area contributed by atoms with Crippen molar-refractivity contribution in [3.63, 3.8) is 0 Å². The first-order valence-corrected chi connectivity index (χ1v) is 6.23. The summed E-state index contributed by atoms with van der Waals surface area (Å²) in [5.74, 6) is 0. The molecule has 0 nitrogen and oxygen atoms in total. The molecule has 0 saturated carbocycles. The summed E-state index contributed by atoms with van der Waals surface area (Å²) in [6, 6.07) is 4.20. The lowest BCUT2D eigenvalue weighted by molar-refractivity contribution is 1.16. The molecule has 0 N–H and O–H groups in total. The van der Waals surface area contributed by atoms with E-state index in [4.69, 9.17) is 0 Å². The SMILES string of the molecule is CCc1csc2cc(Br)cc(S)c12. The molecule has 1 aromatic heterocycles. The van der Waals surface area contributed by atoms with Crippen LogP contribution in [0.15, 0.2) is 26.9 Å². The van der Waals surface area contributed by atoms with E-state index < -0.39 is 0 Å². The summed E-state index contributed by atoms with van der Waals surface area (Å²) >= 11 is 9.75. The highest BCUT2D eigenvalue weighted by molar-refractivity contribution is 9.10. The summed E-state index contributed by atoms with van der Waals surface area (Å²) in [6.45, 7) is 2.18. The topological polar surface area (TPSA) is 0 Å². The van der Waals surface area contributed by atoms with Crippen LogP contribution in [0.4, 0.5) is 0 Å². The van der Waals surface area contributed by atoms with Crippen LogP contribution in [0.1, 0.15) is 12.5 Å². The van der Waals surface area contributed by atoms with Crippen molar-refractivity contribution in [2.75, 3.05) is 0 Å². The standard InChI is InChI=1S/C10H9BrS2/c1-2-6-5-13-9-4-7(11)3-8(12)10(6)9/h3-5,12H,2H2,1H3. The fraction of sp³-hybridized carbons (Fsp3) is 0.200. The molecule has 0 aliphatic heterocycles. The van der Waals surface area contributed by atoms with Gasteiger partial charge in [-0.1, -0.05) is 22.9 Å². The van der Waals surface area contributed by atoms with Gasteiger partial charge in [-0.05, 0) is 29.5 Å². The van der Waals surface area contributed by atoms with Gasteiger partial charge in [-0.3, -0.25) is 0 Å². The maximum Gasteiger partial charge on any atom is 0.0367 e.